The number of nitrogens with one attached hydrogen (secondary N) is 1. The van der Waals surface area contributed by atoms with Crippen LogP contribution in [0.15, 0.2) is 11.6 Å². The highest BCUT2D eigenvalue weighted by Crippen LogP contribution is 2.51. The Hall–Kier alpha value is -1.29. The Morgan fingerprint density at radius 1 is 1.26 bits per heavy atom. The highest BCUT2D eigenvalue weighted by Gasteiger charge is 2.54. The van der Waals surface area contributed by atoms with Gasteiger partial charge in [0.25, 0.3) is 0 Å². The van der Waals surface area contributed by atoms with Crippen LogP contribution in [0.2, 0.25) is 0 Å². The number of phosphoric acid groups is 1. The van der Waals surface area contributed by atoms with E-state index in [1.807, 2.05) is 0 Å². The third kappa shape index (κ3) is 4.96. The van der Waals surface area contributed by atoms with Gasteiger partial charge in [-0.3, -0.25) is 18.4 Å². The van der Waals surface area contributed by atoms with Crippen molar-refractivity contribution in [1.82, 2.24) is 5.32 Å². The minimum absolute atomic E-state index is 0.151. The molecular formula is C16H26NO9P. The maximum atomic E-state index is 12.5. The van der Waals surface area contributed by atoms with Gasteiger partial charge in [0.15, 0.2) is 5.79 Å². The predicted molar refractivity (Wildman–Crippen MR) is 92.6 cm³/mol. The van der Waals surface area contributed by atoms with Crippen molar-refractivity contribution >= 4 is 19.7 Å². The van der Waals surface area contributed by atoms with E-state index in [1.165, 1.54) is 13.0 Å². The molecule has 0 spiro atoms. The summed E-state index contributed by atoms with van der Waals surface area (Å²) in [7, 11) is -1.59. The van der Waals surface area contributed by atoms with Crippen LogP contribution < -0.4 is 5.32 Å². The van der Waals surface area contributed by atoms with Gasteiger partial charge in [0.2, 0.25) is 5.91 Å². The van der Waals surface area contributed by atoms with Gasteiger partial charge < -0.3 is 19.5 Å². The Morgan fingerprint density at radius 3 is 2.41 bits per heavy atom. The molecule has 154 valence electrons. The van der Waals surface area contributed by atoms with Crippen molar-refractivity contribution in [2.24, 2.45) is 0 Å². The monoisotopic (exact) mass is 407 g/mol. The molecule has 2 aliphatic rings. The standard InChI is InChI=1S/C16H26NO9P/c1-7-23-15(19)10-8-11(26-27(20,21-5)22-6)12(17-9(2)18)14-13(10)24-16(3,4)25-14/h8,11-14H,7H2,1-6H3,(H,17,18)/t11-,12-,13-,14+/m1/s1. The average molecular weight is 407 g/mol. The number of hydrogen-bond donors (Lipinski definition) is 1. The molecule has 1 aliphatic carbocycles. The number of fused-ring (bicyclic) bond motifs is 1. The van der Waals surface area contributed by atoms with Crippen molar-refractivity contribution in [3.05, 3.63) is 11.6 Å². The lowest BCUT2D eigenvalue weighted by molar-refractivity contribution is -0.150. The SMILES string of the molecule is CCOC(=O)C1=C[C@@H](OP(=O)(OC)OC)[C@@H](NC(C)=O)[C@@H]2OC(C)(C)O[C@H]12. The second-order valence-corrected chi connectivity index (χ2v) is 8.31. The molecule has 0 saturated carbocycles. The molecule has 1 N–H and O–H groups in total. The fourth-order valence-electron chi connectivity index (χ4n) is 3.06. The Kier molecular flexibility index (Phi) is 6.83. The van der Waals surface area contributed by atoms with Crippen molar-refractivity contribution in [1.29, 1.82) is 0 Å². The maximum absolute atomic E-state index is 12.5. The summed E-state index contributed by atoms with van der Waals surface area (Å²) in [5, 5.41) is 2.71. The molecule has 1 heterocycles. The second kappa shape index (κ2) is 8.38. The smallest absolute Gasteiger partial charge is 0.463 e. The van der Waals surface area contributed by atoms with E-state index in [1.54, 1.807) is 20.8 Å². The van der Waals surface area contributed by atoms with E-state index in [9.17, 15) is 14.2 Å². The molecule has 11 heteroatoms. The van der Waals surface area contributed by atoms with Crippen LogP contribution in [0.5, 0.6) is 0 Å². The number of ether oxygens (including phenoxy) is 3. The number of amides is 1. The molecule has 0 aromatic rings. The molecule has 0 aromatic carbocycles. The molecule has 0 aromatic heterocycles. The van der Waals surface area contributed by atoms with Gasteiger partial charge in [-0.2, -0.15) is 0 Å². The summed E-state index contributed by atoms with van der Waals surface area (Å²) in [5.41, 5.74) is 0.151. The molecular weight excluding hydrogens is 381 g/mol. The van der Waals surface area contributed by atoms with Gasteiger partial charge >= 0.3 is 13.8 Å². The molecule has 0 bridgehead atoms. The number of phosphoric ester groups is 1. The number of hydrogen-bond acceptors (Lipinski definition) is 9. The second-order valence-electron chi connectivity index (χ2n) is 6.47. The van der Waals surface area contributed by atoms with Gasteiger partial charge in [-0.15, -0.1) is 0 Å². The highest BCUT2D eigenvalue weighted by molar-refractivity contribution is 7.48. The third-order valence-electron chi connectivity index (χ3n) is 4.07. The Bertz CT molecular complexity index is 654. The van der Waals surface area contributed by atoms with E-state index in [2.05, 4.69) is 5.32 Å². The summed E-state index contributed by atoms with van der Waals surface area (Å²) >= 11 is 0. The zero-order valence-electron chi connectivity index (χ0n) is 16.2. The van der Waals surface area contributed by atoms with Crippen LogP contribution in [0.25, 0.3) is 0 Å². The largest absolute Gasteiger partial charge is 0.474 e. The first kappa shape index (κ1) is 22.0. The van der Waals surface area contributed by atoms with Gasteiger partial charge in [0.05, 0.1) is 18.2 Å². The molecule has 2 rings (SSSR count). The molecule has 0 unspecified atom stereocenters. The first-order valence-corrected chi connectivity index (χ1v) is 9.93. The van der Waals surface area contributed by atoms with E-state index in [-0.39, 0.29) is 18.1 Å². The van der Waals surface area contributed by atoms with Gasteiger partial charge in [-0.05, 0) is 26.8 Å². The summed E-state index contributed by atoms with van der Waals surface area (Å²) < 4.78 is 44.5. The van der Waals surface area contributed by atoms with Crippen molar-refractivity contribution in [2.75, 3.05) is 20.8 Å². The number of esters is 1. The third-order valence-corrected chi connectivity index (χ3v) is 5.46. The first-order chi connectivity index (χ1) is 12.6. The lowest BCUT2D eigenvalue weighted by Crippen LogP contribution is -2.57. The summed E-state index contributed by atoms with van der Waals surface area (Å²) in [5.74, 6) is -2.00. The Morgan fingerprint density at radius 2 is 1.89 bits per heavy atom. The molecule has 4 atom stereocenters. The van der Waals surface area contributed by atoms with Crippen LogP contribution in [-0.4, -0.2) is 62.8 Å². The summed E-state index contributed by atoms with van der Waals surface area (Å²) in [4.78, 5) is 24.2. The van der Waals surface area contributed by atoms with E-state index in [0.717, 1.165) is 14.2 Å². The fourth-order valence-corrected chi connectivity index (χ4v) is 3.87. The van der Waals surface area contributed by atoms with Crippen LogP contribution in [0, 0.1) is 0 Å². The summed E-state index contributed by atoms with van der Waals surface area (Å²) in [6.07, 6.45) is -1.21. The first-order valence-electron chi connectivity index (χ1n) is 8.47. The van der Waals surface area contributed by atoms with Crippen molar-refractivity contribution in [3.8, 4) is 0 Å². The van der Waals surface area contributed by atoms with Crippen LogP contribution in [0.1, 0.15) is 27.7 Å². The van der Waals surface area contributed by atoms with Gasteiger partial charge in [0.1, 0.15) is 18.3 Å². The number of carbonyl (C=O) groups excluding carboxylic acids is 2. The van der Waals surface area contributed by atoms with E-state index >= 15 is 0 Å². The molecule has 27 heavy (non-hydrogen) atoms. The zero-order chi connectivity index (χ0) is 20.4. The van der Waals surface area contributed by atoms with Crippen LogP contribution in [0.3, 0.4) is 0 Å². The lowest BCUT2D eigenvalue weighted by atomic mass is 9.87. The lowest BCUT2D eigenvalue weighted by Gasteiger charge is -2.37. The summed E-state index contributed by atoms with van der Waals surface area (Å²) in [6, 6.07) is -0.800. The molecule has 10 nitrogen and oxygen atoms in total. The van der Waals surface area contributed by atoms with E-state index in [0.29, 0.717) is 0 Å². The quantitative estimate of drug-likeness (QED) is 0.492. The van der Waals surface area contributed by atoms with Gasteiger partial charge in [0, 0.05) is 21.1 Å². The maximum Gasteiger partial charge on any atom is 0.474 e. The van der Waals surface area contributed by atoms with Gasteiger partial charge in [-0.1, -0.05) is 0 Å². The predicted octanol–water partition coefficient (Wildman–Crippen LogP) is 1.30. The number of rotatable bonds is 7. The van der Waals surface area contributed by atoms with Crippen LogP contribution >= 0.6 is 7.82 Å². The number of carbonyl (C=O) groups is 2. The molecule has 1 amide bonds. The molecule has 1 saturated heterocycles. The average Bonchev–Trinajstić information content (AvgIpc) is 2.91. The van der Waals surface area contributed by atoms with Crippen LogP contribution in [-0.2, 0) is 41.9 Å². The van der Waals surface area contributed by atoms with Crippen molar-refractivity contribution in [2.45, 2.75) is 57.8 Å². The Balaban J connectivity index is 2.48. The minimum atomic E-state index is -3.92. The Labute approximate surface area is 158 Å². The molecule has 1 aliphatic heterocycles. The molecule has 0 radical (unpaired) electrons. The highest BCUT2D eigenvalue weighted by atomic mass is 31.2. The van der Waals surface area contributed by atoms with Crippen molar-refractivity contribution < 1.29 is 41.9 Å². The van der Waals surface area contributed by atoms with E-state index in [4.69, 9.17) is 27.8 Å². The fraction of sp³-hybridized carbons (Fsp3) is 0.750. The molecule has 1 fully saturated rings. The van der Waals surface area contributed by atoms with E-state index < -0.39 is 43.9 Å². The van der Waals surface area contributed by atoms with Crippen molar-refractivity contribution in [3.63, 3.8) is 0 Å². The topological polar surface area (TPSA) is 119 Å². The normalized spacial score (nSPS) is 29.6. The minimum Gasteiger partial charge on any atom is -0.463 e. The summed E-state index contributed by atoms with van der Waals surface area (Å²) in [6.45, 7) is 6.53. The van der Waals surface area contributed by atoms with Crippen LogP contribution in [0.4, 0.5) is 0 Å². The zero-order valence-corrected chi connectivity index (χ0v) is 17.1. The van der Waals surface area contributed by atoms with Gasteiger partial charge in [-0.25, -0.2) is 9.36 Å².